The first-order chi connectivity index (χ1) is 11.5. The van der Waals surface area contributed by atoms with Crippen molar-refractivity contribution in [3.63, 3.8) is 0 Å². The Hall–Kier alpha value is -2.21. The van der Waals surface area contributed by atoms with Gasteiger partial charge in [-0.2, -0.15) is 0 Å². The molecule has 5 nitrogen and oxygen atoms in total. The number of carbonyl (C=O) groups excluding carboxylic acids is 2. The van der Waals surface area contributed by atoms with E-state index in [2.05, 4.69) is 38.4 Å². The predicted molar refractivity (Wildman–Crippen MR) is 94.6 cm³/mol. The molecule has 0 saturated heterocycles. The molecule has 1 heterocycles. The number of amides is 1. The summed E-state index contributed by atoms with van der Waals surface area (Å²) >= 11 is 3.23. The summed E-state index contributed by atoms with van der Waals surface area (Å²) in [4.78, 5) is 27.6. The monoisotopic (exact) mass is 390 g/mol. The average molecular weight is 391 g/mol. The van der Waals surface area contributed by atoms with Crippen molar-refractivity contribution in [1.29, 1.82) is 0 Å². The molecular formula is C18H19BrN2O3. The van der Waals surface area contributed by atoms with Crippen molar-refractivity contribution in [2.24, 2.45) is 0 Å². The van der Waals surface area contributed by atoms with Crippen molar-refractivity contribution in [2.75, 3.05) is 6.61 Å². The van der Waals surface area contributed by atoms with Crippen molar-refractivity contribution in [3.05, 3.63) is 64.4 Å². The Balaban J connectivity index is 1.71. The number of ether oxygens (including phenoxy) is 1. The minimum absolute atomic E-state index is 0.00365. The minimum atomic E-state index is -0.573. The highest BCUT2D eigenvalue weighted by atomic mass is 79.9. The number of benzene rings is 1. The second-order valence-corrected chi connectivity index (χ2v) is 6.38. The molecule has 24 heavy (non-hydrogen) atoms. The van der Waals surface area contributed by atoms with Gasteiger partial charge in [0.15, 0.2) is 6.61 Å². The topological polar surface area (TPSA) is 68.3 Å². The molecular weight excluding hydrogens is 372 g/mol. The van der Waals surface area contributed by atoms with Gasteiger partial charge < -0.3 is 10.1 Å². The van der Waals surface area contributed by atoms with Gasteiger partial charge in [-0.3, -0.25) is 9.78 Å². The van der Waals surface area contributed by atoms with Crippen LogP contribution >= 0.6 is 15.9 Å². The Bertz CT molecular complexity index is 692. The van der Waals surface area contributed by atoms with Crippen LogP contribution in [0.5, 0.6) is 0 Å². The van der Waals surface area contributed by atoms with E-state index >= 15 is 0 Å². The number of carbonyl (C=O) groups is 2. The highest BCUT2D eigenvalue weighted by Crippen LogP contribution is 2.10. The van der Waals surface area contributed by atoms with Crippen molar-refractivity contribution in [3.8, 4) is 0 Å². The van der Waals surface area contributed by atoms with Gasteiger partial charge in [-0.1, -0.05) is 30.3 Å². The number of hydrogen-bond donors (Lipinski definition) is 1. The van der Waals surface area contributed by atoms with Gasteiger partial charge in [-0.25, -0.2) is 4.79 Å². The third-order valence-electron chi connectivity index (χ3n) is 3.39. The molecule has 0 aliphatic heterocycles. The molecule has 0 bridgehead atoms. The Labute approximate surface area is 149 Å². The smallest absolute Gasteiger partial charge is 0.340 e. The van der Waals surface area contributed by atoms with E-state index in [1.165, 1.54) is 11.8 Å². The third kappa shape index (κ3) is 6.12. The lowest BCUT2D eigenvalue weighted by atomic mass is 10.1. The molecule has 0 fully saturated rings. The van der Waals surface area contributed by atoms with Crippen LogP contribution in [0.4, 0.5) is 0 Å². The summed E-state index contributed by atoms with van der Waals surface area (Å²) in [5, 5.41) is 2.83. The van der Waals surface area contributed by atoms with Crippen LogP contribution in [0.2, 0.25) is 0 Å². The normalized spacial score (nSPS) is 11.6. The van der Waals surface area contributed by atoms with Crippen molar-refractivity contribution >= 4 is 27.8 Å². The van der Waals surface area contributed by atoms with Gasteiger partial charge in [-0.05, 0) is 47.3 Å². The summed E-state index contributed by atoms with van der Waals surface area (Å²) in [5.74, 6) is -0.886. The first-order valence-electron chi connectivity index (χ1n) is 7.65. The molecule has 2 rings (SSSR count). The van der Waals surface area contributed by atoms with Crippen molar-refractivity contribution < 1.29 is 14.3 Å². The molecule has 1 atom stereocenters. The van der Waals surface area contributed by atoms with Crippen LogP contribution in [-0.2, 0) is 16.0 Å². The molecule has 0 unspecified atom stereocenters. The number of aromatic nitrogens is 1. The van der Waals surface area contributed by atoms with Gasteiger partial charge in [0.05, 0.1) is 5.56 Å². The highest BCUT2D eigenvalue weighted by Gasteiger charge is 2.12. The zero-order chi connectivity index (χ0) is 17.4. The lowest BCUT2D eigenvalue weighted by molar-refractivity contribution is -0.124. The van der Waals surface area contributed by atoms with E-state index in [-0.39, 0.29) is 18.6 Å². The molecule has 1 aromatic carbocycles. The van der Waals surface area contributed by atoms with E-state index in [0.29, 0.717) is 10.0 Å². The standard InChI is InChI=1S/C18H19BrN2O3/c1-13(7-8-14-5-3-2-4-6-14)21-17(22)12-24-18(23)15-9-16(19)11-20-10-15/h2-6,9-11,13H,7-8,12H2,1H3,(H,21,22)/t13-/m0/s1. The molecule has 1 amide bonds. The van der Waals surface area contributed by atoms with Crippen LogP contribution in [0.1, 0.15) is 29.3 Å². The van der Waals surface area contributed by atoms with Crippen LogP contribution in [0.25, 0.3) is 0 Å². The van der Waals surface area contributed by atoms with E-state index in [4.69, 9.17) is 4.74 Å². The lowest BCUT2D eigenvalue weighted by Crippen LogP contribution is -2.36. The second-order valence-electron chi connectivity index (χ2n) is 5.46. The molecule has 126 valence electrons. The molecule has 0 aliphatic rings. The highest BCUT2D eigenvalue weighted by molar-refractivity contribution is 9.10. The predicted octanol–water partition coefficient (Wildman–Crippen LogP) is 3.14. The van der Waals surface area contributed by atoms with E-state index in [9.17, 15) is 9.59 Å². The number of aryl methyl sites for hydroxylation is 1. The number of nitrogens with zero attached hydrogens (tertiary/aromatic N) is 1. The average Bonchev–Trinajstić information content (AvgIpc) is 2.59. The van der Waals surface area contributed by atoms with Gasteiger partial charge in [0.25, 0.3) is 5.91 Å². The second kappa shape index (κ2) is 9.17. The largest absolute Gasteiger partial charge is 0.452 e. The maximum atomic E-state index is 11.9. The summed E-state index contributed by atoms with van der Waals surface area (Å²) in [5.41, 5.74) is 1.53. The molecule has 0 aliphatic carbocycles. The molecule has 1 N–H and O–H groups in total. The van der Waals surface area contributed by atoms with E-state index in [1.807, 2.05) is 25.1 Å². The van der Waals surface area contributed by atoms with Crippen LogP contribution < -0.4 is 5.32 Å². The maximum absolute atomic E-state index is 11.9. The molecule has 0 spiro atoms. The Morgan fingerprint density at radius 2 is 2.00 bits per heavy atom. The Morgan fingerprint density at radius 3 is 2.71 bits per heavy atom. The zero-order valence-electron chi connectivity index (χ0n) is 13.4. The summed E-state index contributed by atoms with van der Waals surface area (Å²) in [6.07, 6.45) is 4.66. The van der Waals surface area contributed by atoms with Crippen molar-refractivity contribution in [2.45, 2.75) is 25.8 Å². The fourth-order valence-corrected chi connectivity index (χ4v) is 2.52. The summed E-state index contributed by atoms with van der Waals surface area (Å²) < 4.78 is 5.67. The summed E-state index contributed by atoms with van der Waals surface area (Å²) in [6.45, 7) is 1.63. The zero-order valence-corrected chi connectivity index (χ0v) is 15.0. The van der Waals surface area contributed by atoms with Gasteiger partial charge in [0.2, 0.25) is 0 Å². The van der Waals surface area contributed by atoms with Crippen molar-refractivity contribution in [1.82, 2.24) is 10.3 Å². The third-order valence-corrected chi connectivity index (χ3v) is 3.82. The number of nitrogens with one attached hydrogen (secondary N) is 1. The summed E-state index contributed by atoms with van der Waals surface area (Å²) in [6, 6.07) is 11.7. The SMILES string of the molecule is C[C@@H](CCc1ccccc1)NC(=O)COC(=O)c1cncc(Br)c1. The first-order valence-corrected chi connectivity index (χ1v) is 8.45. The molecule has 0 saturated carbocycles. The van der Waals surface area contributed by atoms with E-state index < -0.39 is 5.97 Å². The minimum Gasteiger partial charge on any atom is -0.452 e. The fourth-order valence-electron chi connectivity index (χ4n) is 2.15. The molecule has 1 aromatic heterocycles. The van der Waals surface area contributed by atoms with Gasteiger partial charge in [0, 0.05) is 22.9 Å². The maximum Gasteiger partial charge on any atom is 0.340 e. The van der Waals surface area contributed by atoms with E-state index in [0.717, 1.165) is 12.8 Å². The Morgan fingerprint density at radius 1 is 1.25 bits per heavy atom. The number of pyridine rings is 1. The Kier molecular flexibility index (Phi) is 6.93. The number of rotatable bonds is 7. The molecule has 6 heteroatoms. The van der Waals surface area contributed by atoms with Crippen LogP contribution in [-0.4, -0.2) is 29.5 Å². The van der Waals surface area contributed by atoms with E-state index in [1.54, 1.807) is 12.3 Å². The van der Waals surface area contributed by atoms with Crippen LogP contribution in [0, 0.1) is 0 Å². The number of esters is 1. The number of halogens is 1. The first kappa shape index (κ1) is 18.1. The van der Waals surface area contributed by atoms with Gasteiger partial charge >= 0.3 is 5.97 Å². The number of hydrogen-bond acceptors (Lipinski definition) is 4. The van der Waals surface area contributed by atoms with Gasteiger partial charge in [0.1, 0.15) is 0 Å². The lowest BCUT2D eigenvalue weighted by Gasteiger charge is -2.14. The molecule has 0 radical (unpaired) electrons. The van der Waals surface area contributed by atoms with Crippen LogP contribution in [0.3, 0.4) is 0 Å². The van der Waals surface area contributed by atoms with Gasteiger partial charge in [-0.15, -0.1) is 0 Å². The summed E-state index contributed by atoms with van der Waals surface area (Å²) in [7, 11) is 0. The van der Waals surface area contributed by atoms with Crippen LogP contribution in [0.15, 0.2) is 53.3 Å². The fraction of sp³-hybridized carbons (Fsp3) is 0.278. The molecule has 2 aromatic rings. The quantitative estimate of drug-likeness (QED) is 0.737.